The summed E-state index contributed by atoms with van der Waals surface area (Å²) in [5, 5.41) is 9.74. The van der Waals surface area contributed by atoms with E-state index in [1.165, 1.54) is 0 Å². The second-order valence-electron chi connectivity index (χ2n) is 5.94. The van der Waals surface area contributed by atoms with Crippen molar-refractivity contribution in [2.75, 3.05) is 13.1 Å². The molecule has 21 heavy (non-hydrogen) atoms. The van der Waals surface area contributed by atoms with E-state index in [9.17, 15) is 18.3 Å². The number of alkyl halides is 3. The van der Waals surface area contributed by atoms with E-state index in [0.29, 0.717) is 32.5 Å². The lowest BCUT2D eigenvalue weighted by Gasteiger charge is -2.40. The zero-order valence-electron chi connectivity index (χ0n) is 12.3. The number of halogens is 3. The van der Waals surface area contributed by atoms with Gasteiger partial charge in [0, 0.05) is 18.4 Å². The number of aliphatic hydroxyl groups is 1. The summed E-state index contributed by atoms with van der Waals surface area (Å²) in [6.07, 6.45) is -2.14. The molecule has 1 aliphatic rings. The fourth-order valence-electron chi connectivity index (χ4n) is 2.81. The van der Waals surface area contributed by atoms with Crippen LogP contribution >= 0.6 is 0 Å². The van der Waals surface area contributed by atoms with E-state index in [-0.39, 0.29) is 0 Å². The lowest BCUT2D eigenvalue weighted by Crippen LogP contribution is -2.52. The molecule has 0 aromatic carbocycles. The van der Waals surface area contributed by atoms with E-state index in [0.717, 1.165) is 18.2 Å². The van der Waals surface area contributed by atoms with E-state index in [2.05, 4.69) is 9.88 Å². The van der Waals surface area contributed by atoms with Gasteiger partial charge in [0.1, 0.15) is 0 Å². The Balaban J connectivity index is 1.94. The Morgan fingerprint density at radius 2 is 1.95 bits per heavy atom. The summed E-state index contributed by atoms with van der Waals surface area (Å²) in [4.78, 5) is 6.33. The lowest BCUT2D eigenvalue weighted by atomic mass is 9.81. The molecule has 0 amide bonds. The summed E-state index contributed by atoms with van der Waals surface area (Å²) in [7, 11) is 0. The normalized spacial score (nSPS) is 21.2. The smallest absolute Gasteiger partial charge is 0.380 e. The van der Waals surface area contributed by atoms with Crippen molar-refractivity contribution in [2.24, 2.45) is 5.92 Å². The van der Waals surface area contributed by atoms with E-state index in [1.54, 1.807) is 6.20 Å². The maximum Gasteiger partial charge on any atom is 0.417 e. The van der Waals surface area contributed by atoms with E-state index in [1.807, 2.05) is 19.1 Å². The maximum absolute atomic E-state index is 12.8. The number of rotatable bonds is 3. The minimum Gasteiger partial charge on any atom is -0.380 e. The first-order valence-corrected chi connectivity index (χ1v) is 7.14. The Hall–Kier alpha value is -1.14. The van der Waals surface area contributed by atoms with E-state index < -0.39 is 17.7 Å². The summed E-state index contributed by atoms with van der Waals surface area (Å²) in [6.45, 7) is 4.63. The Bertz CT molecular complexity index is 480. The maximum atomic E-state index is 12.8. The molecule has 1 unspecified atom stereocenters. The van der Waals surface area contributed by atoms with E-state index >= 15 is 0 Å². The second-order valence-corrected chi connectivity index (χ2v) is 5.94. The van der Waals surface area contributed by atoms with Crippen LogP contribution in [0.2, 0.25) is 0 Å². The fourth-order valence-corrected chi connectivity index (χ4v) is 2.81. The molecule has 2 rings (SSSR count). The van der Waals surface area contributed by atoms with Crippen molar-refractivity contribution in [1.29, 1.82) is 0 Å². The van der Waals surface area contributed by atoms with Crippen LogP contribution in [0, 0.1) is 12.8 Å². The van der Waals surface area contributed by atoms with Crippen LogP contribution in [0.3, 0.4) is 0 Å². The van der Waals surface area contributed by atoms with Crippen LogP contribution in [0.4, 0.5) is 13.2 Å². The summed E-state index contributed by atoms with van der Waals surface area (Å²) >= 11 is 0. The largest absolute Gasteiger partial charge is 0.417 e. The molecule has 0 bridgehead atoms. The van der Waals surface area contributed by atoms with Gasteiger partial charge in [-0.1, -0.05) is 6.07 Å². The molecule has 1 N–H and O–H groups in total. The molecule has 118 valence electrons. The number of hydrogen-bond acceptors (Lipinski definition) is 3. The Morgan fingerprint density at radius 1 is 1.33 bits per heavy atom. The molecule has 0 aliphatic carbocycles. The van der Waals surface area contributed by atoms with Gasteiger partial charge in [-0.3, -0.25) is 9.88 Å². The van der Waals surface area contributed by atoms with Gasteiger partial charge in [0.15, 0.2) is 5.60 Å². The van der Waals surface area contributed by atoms with Crippen molar-refractivity contribution in [3.05, 3.63) is 29.6 Å². The molecule has 1 atom stereocenters. The van der Waals surface area contributed by atoms with Gasteiger partial charge in [-0.05, 0) is 57.3 Å². The topological polar surface area (TPSA) is 36.4 Å². The van der Waals surface area contributed by atoms with Crippen LogP contribution in [-0.2, 0) is 6.54 Å². The number of aromatic nitrogens is 1. The summed E-state index contributed by atoms with van der Waals surface area (Å²) in [6, 6.07) is 3.85. The molecule has 1 fully saturated rings. The summed E-state index contributed by atoms with van der Waals surface area (Å²) in [5.41, 5.74) is -0.552. The number of nitrogens with zero attached hydrogens (tertiary/aromatic N) is 2. The highest BCUT2D eigenvalue weighted by Crippen LogP contribution is 2.40. The Labute approximate surface area is 122 Å². The third kappa shape index (κ3) is 3.55. The number of piperidine rings is 1. The molecule has 6 heteroatoms. The van der Waals surface area contributed by atoms with Crippen LogP contribution in [0.5, 0.6) is 0 Å². The lowest BCUT2D eigenvalue weighted by molar-refractivity contribution is -0.275. The predicted octanol–water partition coefficient (Wildman–Crippen LogP) is 2.92. The van der Waals surface area contributed by atoms with Gasteiger partial charge in [-0.2, -0.15) is 13.2 Å². The monoisotopic (exact) mass is 302 g/mol. The van der Waals surface area contributed by atoms with Crippen molar-refractivity contribution < 1.29 is 18.3 Å². The van der Waals surface area contributed by atoms with Crippen molar-refractivity contribution in [3.8, 4) is 0 Å². The zero-order valence-corrected chi connectivity index (χ0v) is 12.3. The number of pyridine rings is 1. The molecule has 0 spiro atoms. The highest BCUT2D eigenvalue weighted by Gasteiger charge is 2.54. The molecule has 1 aromatic heterocycles. The molecule has 1 aliphatic heterocycles. The minimum absolute atomic E-state index is 0.353. The molecule has 1 saturated heterocycles. The van der Waals surface area contributed by atoms with E-state index in [4.69, 9.17) is 0 Å². The van der Waals surface area contributed by atoms with Crippen molar-refractivity contribution in [2.45, 2.75) is 45.0 Å². The zero-order chi connectivity index (χ0) is 15.7. The van der Waals surface area contributed by atoms with Crippen LogP contribution in [0.1, 0.15) is 31.0 Å². The van der Waals surface area contributed by atoms with Gasteiger partial charge in [0.05, 0.1) is 0 Å². The Morgan fingerprint density at radius 3 is 2.48 bits per heavy atom. The minimum atomic E-state index is -4.57. The first kappa shape index (κ1) is 16.2. The third-order valence-corrected chi connectivity index (χ3v) is 4.47. The average molecular weight is 302 g/mol. The third-order valence-electron chi connectivity index (χ3n) is 4.47. The fraction of sp³-hybridized carbons (Fsp3) is 0.667. The van der Waals surface area contributed by atoms with Crippen LogP contribution in [-0.4, -0.2) is 39.9 Å². The molecular formula is C15H21F3N2O. The van der Waals surface area contributed by atoms with Gasteiger partial charge >= 0.3 is 6.18 Å². The van der Waals surface area contributed by atoms with Crippen molar-refractivity contribution in [1.82, 2.24) is 9.88 Å². The molecule has 1 aromatic rings. The van der Waals surface area contributed by atoms with Crippen LogP contribution in [0.15, 0.2) is 18.3 Å². The number of likely N-dealkylation sites (tertiary alicyclic amines) is 1. The number of hydrogen-bond donors (Lipinski definition) is 1. The van der Waals surface area contributed by atoms with Gasteiger partial charge < -0.3 is 5.11 Å². The van der Waals surface area contributed by atoms with Crippen LogP contribution in [0.25, 0.3) is 0 Å². The van der Waals surface area contributed by atoms with Crippen LogP contribution < -0.4 is 0 Å². The summed E-state index contributed by atoms with van der Waals surface area (Å²) < 4.78 is 38.5. The summed E-state index contributed by atoms with van der Waals surface area (Å²) in [5.74, 6) is -0.733. The molecule has 0 saturated carbocycles. The molecular weight excluding hydrogens is 281 g/mol. The predicted molar refractivity (Wildman–Crippen MR) is 73.7 cm³/mol. The average Bonchev–Trinajstić information content (AvgIpc) is 2.41. The quantitative estimate of drug-likeness (QED) is 0.932. The number of aryl methyl sites for hydroxylation is 1. The Kier molecular flexibility index (Phi) is 4.58. The highest BCUT2D eigenvalue weighted by molar-refractivity contribution is 5.18. The standard InChI is InChI=1S/C15H21F3N2O/c1-11-12(4-3-7-19-11)10-20-8-5-13(6-9-20)14(2,21)15(16,17)18/h3-4,7,13,21H,5-6,8-10H2,1-2H3. The first-order valence-electron chi connectivity index (χ1n) is 7.14. The van der Waals surface area contributed by atoms with Gasteiger partial charge in [0.25, 0.3) is 0 Å². The molecule has 2 heterocycles. The second kappa shape index (κ2) is 5.93. The SMILES string of the molecule is Cc1ncccc1CN1CCC(C(C)(O)C(F)(F)F)CC1. The van der Waals surface area contributed by atoms with Gasteiger partial charge in [-0.15, -0.1) is 0 Å². The first-order chi connectivity index (χ1) is 9.72. The molecule has 3 nitrogen and oxygen atoms in total. The van der Waals surface area contributed by atoms with Crippen molar-refractivity contribution >= 4 is 0 Å². The van der Waals surface area contributed by atoms with Gasteiger partial charge in [-0.25, -0.2) is 0 Å². The van der Waals surface area contributed by atoms with Gasteiger partial charge in [0.2, 0.25) is 0 Å². The molecule has 0 radical (unpaired) electrons. The highest BCUT2D eigenvalue weighted by atomic mass is 19.4. The van der Waals surface area contributed by atoms with Crippen molar-refractivity contribution in [3.63, 3.8) is 0 Å².